The van der Waals surface area contributed by atoms with E-state index in [-0.39, 0.29) is 5.82 Å². The standard InChI is InChI=1S/C16H22BrFN2/c17-14-3-4-16(18)13(9-14)11-20-7-5-15(6-8-20)19-10-12-1-2-12/h3-4,9,12,15,19H,1-2,5-8,10-11H2. The minimum atomic E-state index is -0.0952. The van der Waals surface area contributed by atoms with Crippen molar-refractivity contribution in [2.24, 2.45) is 5.92 Å². The smallest absolute Gasteiger partial charge is 0.127 e. The van der Waals surface area contributed by atoms with Crippen LogP contribution in [-0.2, 0) is 6.54 Å². The second-order valence-electron chi connectivity index (χ2n) is 6.14. The zero-order valence-electron chi connectivity index (χ0n) is 11.7. The number of likely N-dealkylation sites (tertiary alicyclic amines) is 1. The topological polar surface area (TPSA) is 15.3 Å². The lowest BCUT2D eigenvalue weighted by Gasteiger charge is -2.32. The fourth-order valence-electron chi connectivity index (χ4n) is 2.86. The van der Waals surface area contributed by atoms with E-state index in [0.717, 1.165) is 35.6 Å². The number of hydrogen-bond donors (Lipinski definition) is 1. The van der Waals surface area contributed by atoms with Gasteiger partial charge in [0.25, 0.3) is 0 Å². The average Bonchev–Trinajstić information content (AvgIpc) is 3.26. The lowest BCUT2D eigenvalue weighted by molar-refractivity contribution is 0.188. The first kappa shape index (κ1) is 14.5. The van der Waals surface area contributed by atoms with Gasteiger partial charge in [-0.15, -0.1) is 0 Å². The van der Waals surface area contributed by atoms with Gasteiger partial charge in [-0.05, 0) is 69.4 Å². The highest BCUT2D eigenvalue weighted by Gasteiger charge is 2.24. The Bertz CT molecular complexity index is 454. The van der Waals surface area contributed by atoms with Crippen LogP contribution in [0.25, 0.3) is 0 Å². The third kappa shape index (κ3) is 4.03. The van der Waals surface area contributed by atoms with Crippen LogP contribution in [0.4, 0.5) is 4.39 Å². The Morgan fingerprint density at radius 3 is 2.65 bits per heavy atom. The van der Waals surface area contributed by atoms with Crippen molar-refractivity contribution in [3.63, 3.8) is 0 Å². The molecule has 4 heteroatoms. The molecular weight excluding hydrogens is 319 g/mol. The number of rotatable bonds is 5. The first-order valence-corrected chi connectivity index (χ1v) is 8.39. The van der Waals surface area contributed by atoms with Gasteiger partial charge in [-0.3, -0.25) is 4.90 Å². The van der Waals surface area contributed by atoms with Gasteiger partial charge in [-0.2, -0.15) is 0 Å². The summed E-state index contributed by atoms with van der Waals surface area (Å²) < 4.78 is 14.7. The third-order valence-electron chi connectivity index (χ3n) is 4.38. The fourth-order valence-corrected chi connectivity index (χ4v) is 3.26. The fraction of sp³-hybridized carbons (Fsp3) is 0.625. The van der Waals surface area contributed by atoms with Crippen LogP contribution in [0.1, 0.15) is 31.2 Å². The van der Waals surface area contributed by atoms with Crippen molar-refractivity contribution < 1.29 is 4.39 Å². The molecule has 20 heavy (non-hydrogen) atoms. The highest BCUT2D eigenvalue weighted by Crippen LogP contribution is 2.28. The van der Waals surface area contributed by atoms with E-state index in [0.29, 0.717) is 6.04 Å². The minimum Gasteiger partial charge on any atom is -0.314 e. The summed E-state index contributed by atoms with van der Waals surface area (Å²) in [5.74, 6) is 0.853. The maximum absolute atomic E-state index is 13.8. The van der Waals surface area contributed by atoms with Gasteiger partial charge in [0.2, 0.25) is 0 Å². The SMILES string of the molecule is Fc1ccc(Br)cc1CN1CCC(NCC2CC2)CC1. The Kier molecular flexibility index (Phi) is 4.74. The van der Waals surface area contributed by atoms with Crippen molar-refractivity contribution >= 4 is 15.9 Å². The van der Waals surface area contributed by atoms with Gasteiger partial charge < -0.3 is 5.32 Å². The van der Waals surface area contributed by atoms with Crippen LogP contribution < -0.4 is 5.32 Å². The van der Waals surface area contributed by atoms with Gasteiger partial charge in [-0.25, -0.2) is 4.39 Å². The summed E-state index contributed by atoms with van der Waals surface area (Å²) in [7, 11) is 0. The molecule has 0 atom stereocenters. The first-order valence-electron chi connectivity index (χ1n) is 7.60. The van der Waals surface area contributed by atoms with E-state index in [2.05, 4.69) is 26.1 Å². The van der Waals surface area contributed by atoms with Gasteiger partial charge in [0, 0.05) is 22.6 Å². The van der Waals surface area contributed by atoms with Crippen molar-refractivity contribution in [1.29, 1.82) is 0 Å². The summed E-state index contributed by atoms with van der Waals surface area (Å²) in [5, 5.41) is 3.68. The molecule has 0 bridgehead atoms. The van der Waals surface area contributed by atoms with Crippen molar-refractivity contribution in [3.05, 3.63) is 34.1 Å². The largest absolute Gasteiger partial charge is 0.314 e. The molecule has 1 heterocycles. The van der Waals surface area contributed by atoms with Crippen LogP contribution >= 0.6 is 15.9 Å². The average molecular weight is 341 g/mol. The molecule has 3 rings (SSSR count). The van der Waals surface area contributed by atoms with E-state index >= 15 is 0 Å². The second-order valence-corrected chi connectivity index (χ2v) is 7.05. The number of piperidine rings is 1. The molecule has 110 valence electrons. The Hall–Kier alpha value is -0.450. The molecule has 1 saturated heterocycles. The van der Waals surface area contributed by atoms with Crippen LogP contribution in [0.5, 0.6) is 0 Å². The van der Waals surface area contributed by atoms with E-state index in [1.54, 1.807) is 12.1 Å². The lowest BCUT2D eigenvalue weighted by atomic mass is 10.0. The second kappa shape index (κ2) is 6.54. The Labute approximate surface area is 128 Å². The molecule has 1 aliphatic heterocycles. The zero-order valence-corrected chi connectivity index (χ0v) is 13.3. The molecule has 0 radical (unpaired) electrons. The maximum Gasteiger partial charge on any atom is 0.127 e. The first-order chi connectivity index (χ1) is 9.70. The number of halogens is 2. The molecular formula is C16H22BrFN2. The molecule has 1 aromatic rings. The van der Waals surface area contributed by atoms with Crippen molar-refractivity contribution in [1.82, 2.24) is 10.2 Å². The van der Waals surface area contributed by atoms with Crippen LogP contribution in [0.2, 0.25) is 0 Å². The van der Waals surface area contributed by atoms with Gasteiger partial charge in [0.1, 0.15) is 5.82 Å². The van der Waals surface area contributed by atoms with Crippen molar-refractivity contribution in [2.45, 2.75) is 38.3 Å². The van der Waals surface area contributed by atoms with Gasteiger partial charge >= 0.3 is 0 Å². The monoisotopic (exact) mass is 340 g/mol. The molecule has 0 spiro atoms. The van der Waals surface area contributed by atoms with E-state index in [1.807, 2.05) is 6.07 Å². The quantitative estimate of drug-likeness (QED) is 0.881. The molecule has 2 aliphatic rings. The molecule has 2 nitrogen and oxygen atoms in total. The molecule has 1 aromatic carbocycles. The van der Waals surface area contributed by atoms with E-state index in [1.165, 1.54) is 32.2 Å². The van der Waals surface area contributed by atoms with Crippen molar-refractivity contribution in [3.8, 4) is 0 Å². The predicted molar refractivity (Wildman–Crippen MR) is 83.1 cm³/mol. The summed E-state index contributed by atoms with van der Waals surface area (Å²) >= 11 is 3.42. The normalized spacial score (nSPS) is 21.3. The molecule has 1 N–H and O–H groups in total. The van der Waals surface area contributed by atoms with Crippen molar-refractivity contribution in [2.75, 3.05) is 19.6 Å². The summed E-state index contributed by atoms with van der Waals surface area (Å²) in [6.45, 7) is 4.05. The minimum absolute atomic E-state index is 0.0952. The van der Waals surface area contributed by atoms with Gasteiger partial charge in [0.05, 0.1) is 0 Å². The van der Waals surface area contributed by atoms with E-state index < -0.39 is 0 Å². The summed E-state index contributed by atoms with van der Waals surface area (Å²) in [6.07, 6.45) is 5.19. The van der Waals surface area contributed by atoms with Gasteiger partial charge in [0.15, 0.2) is 0 Å². The van der Waals surface area contributed by atoms with Crippen LogP contribution in [0.3, 0.4) is 0 Å². The Morgan fingerprint density at radius 1 is 1.20 bits per heavy atom. The Balaban J connectivity index is 1.46. The predicted octanol–water partition coefficient (Wildman–Crippen LogP) is 3.55. The Morgan fingerprint density at radius 2 is 1.95 bits per heavy atom. The lowest BCUT2D eigenvalue weighted by Crippen LogP contribution is -2.42. The molecule has 0 aromatic heterocycles. The molecule has 1 saturated carbocycles. The highest BCUT2D eigenvalue weighted by molar-refractivity contribution is 9.10. The van der Waals surface area contributed by atoms with Gasteiger partial charge in [-0.1, -0.05) is 15.9 Å². The molecule has 0 unspecified atom stereocenters. The molecule has 1 aliphatic carbocycles. The molecule has 2 fully saturated rings. The number of nitrogens with one attached hydrogen (secondary N) is 1. The van der Waals surface area contributed by atoms with E-state index in [4.69, 9.17) is 0 Å². The van der Waals surface area contributed by atoms with Crippen LogP contribution in [0, 0.1) is 11.7 Å². The number of hydrogen-bond acceptors (Lipinski definition) is 2. The number of benzene rings is 1. The van der Waals surface area contributed by atoms with Crippen LogP contribution in [0.15, 0.2) is 22.7 Å². The molecule has 0 amide bonds. The third-order valence-corrected chi connectivity index (χ3v) is 4.87. The number of nitrogens with zero attached hydrogens (tertiary/aromatic N) is 1. The summed E-state index contributed by atoms with van der Waals surface area (Å²) in [6, 6.07) is 5.86. The van der Waals surface area contributed by atoms with Crippen LogP contribution in [-0.4, -0.2) is 30.6 Å². The summed E-state index contributed by atoms with van der Waals surface area (Å²) in [4.78, 5) is 2.36. The maximum atomic E-state index is 13.8. The highest BCUT2D eigenvalue weighted by atomic mass is 79.9. The summed E-state index contributed by atoms with van der Waals surface area (Å²) in [5.41, 5.74) is 0.795. The van der Waals surface area contributed by atoms with E-state index in [9.17, 15) is 4.39 Å². The zero-order chi connectivity index (χ0) is 13.9.